The van der Waals surface area contributed by atoms with Crippen LogP contribution >= 0.6 is 12.4 Å². The summed E-state index contributed by atoms with van der Waals surface area (Å²) in [6, 6.07) is 8.37. The Morgan fingerprint density at radius 1 is 1.32 bits per heavy atom. The molecule has 0 aliphatic carbocycles. The Balaban J connectivity index is 0.00000225. The van der Waals surface area contributed by atoms with Crippen molar-refractivity contribution in [2.24, 2.45) is 5.92 Å². The van der Waals surface area contributed by atoms with Gasteiger partial charge in [0.15, 0.2) is 0 Å². The van der Waals surface area contributed by atoms with Gasteiger partial charge in [0.2, 0.25) is 17.6 Å². The van der Waals surface area contributed by atoms with Crippen LogP contribution in [0.2, 0.25) is 0 Å². The van der Waals surface area contributed by atoms with Crippen LogP contribution in [0.25, 0.3) is 11.4 Å². The maximum absolute atomic E-state index is 12.5. The number of halogens is 1. The van der Waals surface area contributed by atoms with E-state index in [1.165, 1.54) is 12.8 Å². The molecule has 0 spiro atoms. The van der Waals surface area contributed by atoms with Crippen LogP contribution in [0.1, 0.15) is 51.0 Å². The third-order valence-electron chi connectivity index (χ3n) is 5.58. The summed E-state index contributed by atoms with van der Waals surface area (Å²) in [5.41, 5.74) is 0.763. The molecule has 2 fully saturated rings. The first-order chi connectivity index (χ1) is 13.1. The minimum atomic E-state index is -0.327. The summed E-state index contributed by atoms with van der Waals surface area (Å²) in [5.74, 6) is 2.05. The van der Waals surface area contributed by atoms with Crippen molar-refractivity contribution in [1.29, 1.82) is 0 Å². The minimum absolute atomic E-state index is 0. The molecule has 2 bridgehead atoms. The summed E-state index contributed by atoms with van der Waals surface area (Å²) in [5, 5.41) is 10.7. The van der Waals surface area contributed by atoms with Gasteiger partial charge >= 0.3 is 0 Å². The molecule has 1 amide bonds. The molecular formula is C20H27ClN4O3. The Morgan fingerprint density at radius 3 is 2.75 bits per heavy atom. The molecule has 4 rings (SSSR count). The zero-order valence-electron chi connectivity index (χ0n) is 16.2. The lowest BCUT2D eigenvalue weighted by molar-refractivity contribution is -0.123. The second kappa shape index (κ2) is 8.92. The molecule has 3 atom stereocenters. The van der Waals surface area contributed by atoms with Crippen LogP contribution in [0.15, 0.2) is 28.8 Å². The summed E-state index contributed by atoms with van der Waals surface area (Å²) in [4.78, 5) is 16.9. The van der Waals surface area contributed by atoms with Gasteiger partial charge in [-0.15, -0.1) is 12.4 Å². The Morgan fingerprint density at radius 2 is 2.04 bits per heavy atom. The first-order valence-electron chi connectivity index (χ1n) is 9.64. The normalized spacial score (nSPS) is 24.3. The smallest absolute Gasteiger partial charge is 0.249 e. The van der Waals surface area contributed by atoms with Crippen molar-refractivity contribution in [2.75, 3.05) is 7.11 Å². The number of aromatic nitrogens is 2. The van der Waals surface area contributed by atoms with Gasteiger partial charge in [-0.25, -0.2) is 0 Å². The number of methoxy groups -OCH3 is 1. The topological polar surface area (TPSA) is 89.3 Å². The van der Waals surface area contributed by atoms with Gasteiger partial charge < -0.3 is 19.9 Å². The zero-order valence-corrected chi connectivity index (χ0v) is 17.0. The van der Waals surface area contributed by atoms with Crippen LogP contribution in [-0.4, -0.2) is 35.2 Å². The number of hydrogen-bond donors (Lipinski definition) is 2. The lowest BCUT2D eigenvalue weighted by Crippen LogP contribution is -2.40. The van der Waals surface area contributed by atoms with Gasteiger partial charge in [-0.3, -0.25) is 4.79 Å². The predicted octanol–water partition coefficient (Wildman–Crippen LogP) is 3.26. The molecule has 1 aromatic carbocycles. The fraction of sp³-hybridized carbons (Fsp3) is 0.550. The standard InChI is InChI=1S/C20H26N4O3.ClH/c1-12(21-18(25)11-13-9-14-7-8-15(10-13)22-14)20-23-19(24-27-20)16-5-3-4-6-17(16)26-2;/h3-6,12-15,22H,7-11H2,1-2H3,(H,21,25);1H. The molecule has 2 saturated heterocycles. The van der Waals surface area contributed by atoms with Gasteiger partial charge in [0.05, 0.1) is 12.7 Å². The first kappa shape index (κ1) is 20.6. The van der Waals surface area contributed by atoms with Crippen molar-refractivity contribution in [3.8, 4) is 17.1 Å². The molecule has 2 N–H and O–H groups in total. The second-order valence-electron chi connectivity index (χ2n) is 7.63. The molecule has 28 heavy (non-hydrogen) atoms. The molecule has 2 aliphatic heterocycles. The van der Waals surface area contributed by atoms with E-state index < -0.39 is 0 Å². The maximum atomic E-state index is 12.5. The van der Waals surface area contributed by atoms with Gasteiger partial charge in [-0.2, -0.15) is 4.98 Å². The zero-order chi connectivity index (χ0) is 18.8. The SMILES string of the molecule is COc1ccccc1-c1noc(C(C)NC(=O)CC2CC3CCC(C2)N3)n1.Cl. The average molecular weight is 407 g/mol. The number of hydrogen-bond acceptors (Lipinski definition) is 6. The highest BCUT2D eigenvalue weighted by Gasteiger charge is 2.34. The van der Waals surface area contributed by atoms with E-state index in [1.807, 2.05) is 31.2 Å². The molecule has 0 radical (unpaired) electrons. The number of nitrogens with zero attached hydrogens (tertiary/aromatic N) is 2. The number of ether oxygens (including phenoxy) is 1. The van der Waals surface area contributed by atoms with Gasteiger partial charge in [0, 0.05) is 18.5 Å². The number of piperidine rings is 1. The molecule has 3 heterocycles. The average Bonchev–Trinajstić information content (AvgIpc) is 3.28. The van der Waals surface area contributed by atoms with Crippen LogP contribution in [0.4, 0.5) is 0 Å². The number of carbonyl (C=O) groups excluding carboxylic acids is 1. The van der Waals surface area contributed by atoms with Gasteiger partial charge in [-0.05, 0) is 50.7 Å². The van der Waals surface area contributed by atoms with E-state index in [-0.39, 0.29) is 24.4 Å². The molecular weight excluding hydrogens is 380 g/mol. The lowest BCUT2D eigenvalue weighted by Gasteiger charge is -2.28. The summed E-state index contributed by atoms with van der Waals surface area (Å²) < 4.78 is 10.7. The second-order valence-corrected chi connectivity index (χ2v) is 7.63. The minimum Gasteiger partial charge on any atom is -0.496 e. The van der Waals surface area contributed by atoms with E-state index >= 15 is 0 Å². The van der Waals surface area contributed by atoms with Crippen molar-refractivity contribution >= 4 is 18.3 Å². The number of para-hydroxylation sites is 1. The summed E-state index contributed by atoms with van der Waals surface area (Å²) in [6.07, 6.45) is 5.24. The number of nitrogens with one attached hydrogen (secondary N) is 2. The Labute approximate surface area is 171 Å². The van der Waals surface area contributed by atoms with E-state index in [0.717, 1.165) is 18.4 Å². The van der Waals surface area contributed by atoms with E-state index in [4.69, 9.17) is 9.26 Å². The quantitative estimate of drug-likeness (QED) is 0.765. The van der Waals surface area contributed by atoms with Crippen LogP contribution in [-0.2, 0) is 4.79 Å². The Kier molecular flexibility index (Phi) is 6.57. The predicted molar refractivity (Wildman–Crippen MR) is 107 cm³/mol. The largest absolute Gasteiger partial charge is 0.496 e. The fourth-order valence-electron chi connectivity index (χ4n) is 4.32. The summed E-state index contributed by atoms with van der Waals surface area (Å²) >= 11 is 0. The molecule has 152 valence electrons. The molecule has 3 unspecified atom stereocenters. The monoisotopic (exact) mass is 406 g/mol. The van der Waals surface area contributed by atoms with Gasteiger partial charge in [-0.1, -0.05) is 17.3 Å². The molecule has 1 aromatic heterocycles. The van der Waals surface area contributed by atoms with Crippen LogP contribution < -0.4 is 15.4 Å². The molecule has 2 aromatic rings. The highest BCUT2D eigenvalue weighted by molar-refractivity contribution is 5.85. The van der Waals surface area contributed by atoms with Crippen LogP contribution in [0, 0.1) is 5.92 Å². The van der Waals surface area contributed by atoms with Crippen molar-refractivity contribution in [3.05, 3.63) is 30.2 Å². The van der Waals surface area contributed by atoms with E-state index in [0.29, 0.717) is 41.9 Å². The van der Waals surface area contributed by atoms with E-state index in [9.17, 15) is 4.79 Å². The maximum Gasteiger partial charge on any atom is 0.249 e. The number of rotatable bonds is 6. The number of carbonyl (C=O) groups is 1. The number of amides is 1. The van der Waals surface area contributed by atoms with Crippen molar-refractivity contribution in [1.82, 2.24) is 20.8 Å². The molecule has 2 aliphatic rings. The van der Waals surface area contributed by atoms with Gasteiger partial charge in [0.25, 0.3) is 0 Å². The Bertz CT molecular complexity index is 800. The molecule has 7 nitrogen and oxygen atoms in total. The number of benzene rings is 1. The van der Waals surface area contributed by atoms with Crippen molar-refractivity contribution in [3.63, 3.8) is 0 Å². The van der Waals surface area contributed by atoms with E-state index in [2.05, 4.69) is 20.8 Å². The highest BCUT2D eigenvalue weighted by atomic mass is 35.5. The lowest BCUT2D eigenvalue weighted by atomic mass is 9.89. The fourth-order valence-corrected chi connectivity index (χ4v) is 4.32. The molecule has 8 heteroatoms. The first-order valence-corrected chi connectivity index (χ1v) is 9.64. The van der Waals surface area contributed by atoms with Crippen LogP contribution in [0.3, 0.4) is 0 Å². The van der Waals surface area contributed by atoms with Crippen molar-refractivity contribution in [2.45, 2.75) is 57.2 Å². The van der Waals surface area contributed by atoms with E-state index in [1.54, 1.807) is 7.11 Å². The highest BCUT2D eigenvalue weighted by Crippen LogP contribution is 2.33. The third kappa shape index (κ3) is 4.47. The summed E-state index contributed by atoms with van der Waals surface area (Å²) in [7, 11) is 1.61. The Hall–Kier alpha value is -2.12. The molecule has 0 saturated carbocycles. The summed E-state index contributed by atoms with van der Waals surface area (Å²) in [6.45, 7) is 1.86. The van der Waals surface area contributed by atoms with Crippen LogP contribution in [0.5, 0.6) is 5.75 Å². The third-order valence-corrected chi connectivity index (χ3v) is 5.58. The van der Waals surface area contributed by atoms with Gasteiger partial charge in [0.1, 0.15) is 11.8 Å². The number of fused-ring (bicyclic) bond motifs is 2. The van der Waals surface area contributed by atoms with Crippen molar-refractivity contribution < 1.29 is 14.1 Å².